The number of nitrogens with one attached hydrogen (secondary N) is 1. The number of halogens is 1. The monoisotopic (exact) mass is 332 g/mol. The summed E-state index contributed by atoms with van der Waals surface area (Å²) in [6.07, 6.45) is 0. The van der Waals surface area contributed by atoms with Gasteiger partial charge in [-0.1, -0.05) is 52.3 Å². The van der Waals surface area contributed by atoms with Crippen molar-refractivity contribution in [3.8, 4) is 0 Å². The van der Waals surface area contributed by atoms with Gasteiger partial charge in [0.15, 0.2) is 0 Å². The minimum atomic E-state index is 0.926. The molecule has 106 valence electrons. The molecule has 2 nitrogen and oxygen atoms in total. The molecule has 2 rings (SSSR count). The zero-order valence-electron chi connectivity index (χ0n) is 12.1. The Morgan fingerprint density at radius 1 is 0.850 bits per heavy atom. The van der Waals surface area contributed by atoms with Gasteiger partial charge >= 0.3 is 0 Å². The van der Waals surface area contributed by atoms with Crippen LogP contribution in [0.4, 0.5) is 0 Å². The zero-order chi connectivity index (χ0) is 14.4. The van der Waals surface area contributed by atoms with E-state index in [0.29, 0.717) is 0 Å². The van der Waals surface area contributed by atoms with Crippen molar-refractivity contribution in [2.75, 3.05) is 14.1 Å². The third kappa shape index (κ3) is 4.75. The van der Waals surface area contributed by atoms with E-state index in [1.165, 1.54) is 16.7 Å². The van der Waals surface area contributed by atoms with Gasteiger partial charge in [-0.2, -0.15) is 0 Å². The van der Waals surface area contributed by atoms with E-state index in [9.17, 15) is 0 Å². The maximum Gasteiger partial charge on any atom is 0.0234 e. The Bertz CT molecular complexity index is 520. The lowest BCUT2D eigenvalue weighted by atomic mass is 10.1. The number of rotatable bonds is 6. The number of nitrogens with zero attached hydrogens (tertiary/aromatic N) is 1. The van der Waals surface area contributed by atoms with Gasteiger partial charge in [0, 0.05) is 24.1 Å². The Hall–Kier alpha value is -1.16. The lowest BCUT2D eigenvalue weighted by Crippen LogP contribution is -2.17. The van der Waals surface area contributed by atoms with Crippen molar-refractivity contribution in [2.45, 2.75) is 19.6 Å². The first-order chi connectivity index (χ1) is 9.67. The predicted octanol–water partition coefficient (Wildman–Crippen LogP) is 3.80. The first-order valence-electron chi connectivity index (χ1n) is 6.83. The molecule has 2 aromatic rings. The van der Waals surface area contributed by atoms with Gasteiger partial charge < -0.3 is 5.32 Å². The second kappa shape index (κ2) is 7.58. The molecule has 0 saturated heterocycles. The summed E-state index contributed by atoms with van der Waals surface area (Å²) in [6.45, 7) is 2.86. The molecule has 1 N–H and O–H groups in total. The summed E-state index contributed by atoms with van der Waals surface area (Å²) >= 11 is 3.47. The van der Waals surface area contributed by atoms with Crippen LogP contribution in [-0.4, -0.2) is 19.0 Å². The molecule has 0 unspecified atom stereocenters. The van der Waals surface area contributed by atoms with Crippen molar-refractivity contribution in [2.24, 2.45) is 0 Å². The van der Waals surface area contributed by atoms with Gasteiger partial charge in [0.05, 0.1) is 0 Å². The Kier molecular flexibility index (Phi) is 5.77. The molecule has 2 aromatic carbocycles. The summed E-state index contributed by atoms with van der Waals surface area (Å²) in [5.74, 6) is 0. The first kappa shape index (κ1) is 15.2. The fourth-order valence-electron chi connectivity index (χ4n) is 2.24. The summed E-state index contributed by atoms with van der Waals surface area (Å²) in [5, 5.41) is 3.17. The largest absolute Gasteiger partial charge is 0.316 e. The van der Waals surface area contributed by atoms with Crippen LogP contribution in [0.2, 0.25) is 0 Å². The zero-order valence-corrected chi connectivity index (χ0v) is 13.7. The Balaban J connectivity index is 1.90. The van der Waals surface area contributed by atoms with Crippen molar-refractivity contribution in [1.29, 1.82) is 0 Å². The van der Waals surface area contributed by atoms with Crippen LogP contribution in [-0.2, 0) is 19.6 Å². The van der Waals surface area contributed by atoms with E-state index in [1.54, 1.807) is 0 Å². The summed E-state index contributed by atoms with van der Waals surface area (Å²) in [4.78, 5) is 2.33. The van der Waals surface area contributed by atoms with Gasteiger partial charge in [-0.3, -0.25) is 4.90 Å². The second-order valence-corrected chi connectivity index (χ2v) is 6.06. The molecule has 0 fully saturated rings. The maximum atomic E-state index is 3.47. The van der Waals surface area contributed by atoms with E-state index in [1.807, 2.05) is 7.05 Å². The van der Waals surface area contributed by atoms with Crippen LogP contribution in [0, 0.1) is 0 Å². The highest BCUT2D eigenvalue weighted by Crippen LogP contribution is 2.13. The molecule has 0 heterocycles. The van der Waals surface area contributed by atoms with Crippen molar-refractivity contribution in [3.63, 3.8) is 0 Å². The predicted molar refractivity (Wildman–Crippen MR) is 88.5 cm³/mol. The summed E-state index contributed by atoms with van der Waals surface area (Å²) in [7, 11) is 4.13. The topological polar surface area (TPSA) is 15.3 Å². The minimum absolute atomic E-state index is 0.926. The molecule has 0 atom stereocenters. The molecule has 20 heavy (non-hydrogen) atoms. The molecule has 0 amide bonds. The lowest BCUT2D eigenvalue weighted by Gasteiger charge is -2.17. The average molecular weight is 333 g/mol. The van der Waals surface area contributed by atoms with Crippen LogP contribution in [0.25, 0.3) is 0 Å². The molecule has 0 saturated carbocycles. The molecule has 0 aliphatic carbocycles. The quantitative estimate of drug-likeness (QED) is 0.865. The smallest absolute Gasteiger partial charge is 0.0234 e. The number of hydrogen-bond acceptors (Lipinski definition) is 2. The van der Waals surface area contributed by atoms with Crippen molar-refractivity contribution >= 4 is 15.9 Å². The highest BCUT2D eigenvalue weighted by molar-refractivity contribution is 9.10. The van der Waals surface area contributed by atoms with Crippen molar-refractivity contribution in [1.82, 2.24) is 10.2 Å². The van der Waals surface area contributed by atoms with Crippen LogP contribution >= 0.6 is 15.9 Å². The highest BCUT2D eigenvalue weighted by Gasteiger charge is 2.02. The van der Waals surface area contributed by atoms with E-state index in [2.05, 4.69) is 81.7 Å². The first-order valence-corrected chi connectivity index (χ1v) is 7.62. The average Bonchev–Trinajstić information content (AvgIpc) is 2.44. The number of benzene rings is 2. The summed E-state index contributed by atoms with van der Waals surface area (Å²) in [5.41, 5.74) is 4.01. The van der Waals surface area contributed by atoms with Gasteiger partial charge in [-0.05, 0) is 42.9 Å². The molecular weight excluding hydrogens is 312 g/mol. The standard InChI is InChI=1S/C17H21BrN2/c1-19-11-14-3-5-15(6-4-14)12-20(2)13-16-7-9-17(18)10-8-16/h3-10,19H,11-13H2,1-2H3. The van der Waals surface area contributed by atoms with Crippen molar-refractivity contribution in [3.05, 3.63) is 69.7 Å². The van der Waals surface area contributed by atoms with E-state index in [0.717, 1.165) is 24.1 Å². The van der Waals surface area contributed by atoms with Gasteiger partial charge in [-0.25, -0.2) is 0 Å². The maximum absolute atomic E-state index is 3.47. The Morgan fingerprint density at radius 2 is 1.30 bits per heavy atom. The van der Waals surface area contributed by atoms with Crippen LogP contribution in [0.5, 0.6) is 0 Å². The molecule has 0 aliphatic rings. The molecule has 0 bridgehead atoms. The molecule has 0 radical (unpaired) electrons. The van der Waals surface area contributed by atoms with Crippen molar-refractivity contribution < 1.29 is 0 Å². The fourth-order valence-corrected chi connectivity index (χ4v) is 2.50. The third-order valence-corrected chi connectivity index (χ3v) is 3.75. The van der Waals surface area contributed by atoms with E-state index >= 15 is 0 Å². The molecular formula is C17H21BrN2. The lowest BCUT2D eigenvalue weighted by molar-refractivity contribution is 0.319. The fraction of sp³-hybridized carbons (Fsp3) is 0.294. The molecule has 3 heteroatoms. The van der Waals surface area contributed by atoms with Crippen LogP contribution in [0.3, 0.4) is 0 Å². The van der Waals surface area contributed by atoms with Crippen LogP contribution < -0.4 is 5.32 Å². The molecule has 0 aromatic heterocycles. The van der Waals surface area contributed by atoms with E-state index in [4.69, 9.17) is 0 Å². The number of hydrogen-bond donors (Lipinski definition) is 1. The minimum Gasteiger partial charge on any atom is -0.316 e. The van der Waals surface area contributed by atoms with Gasteiger partial charge in [0.2, 0.25) is 0 Å². The van der Waals surface area contributed by atoms with Crippen LogP contribution in [0.1, 0.15) is 16.7 Å². The second-order valence-electron chi connectivity index (χ2n) is 5.15. The van der Waals surface area contributed by atoms with E-state index in [-0.39, 0.29) is 0 Å². The third-order valence-electron chi connectivity index (χ3n) is 3.22. The Morgan fingerprint density at radius 3 is 1.80 bits per heavy atom. The van der Waals surface area contributed by atoms with E-state index < -0.39 is 0 Å². The highest BCUT2D eigenvalue weighted by atomic mass is 79.9. The summed E-state index contributed by atoms with van der Waals surface area (Å²) in [6, 6.07) is 17.3. The SMILES string of the molecule is CNCc1ccc(CN(C)Cc2ccc(Br)cc2)cc1. The summed E-state index contributed by atoms with van der Waals surface area (Å²) < 4.78 is 1.13. The van der Waals surface area contributed by atoms with Gasteiger partial charge in [0.1, 0.15) is 0 Å². The van der Waals surface area contributed by atoms with Gasteiger partial charge in [0.25, 0.3) is 0 Å². The Labute approximate surface area is 129 Å². The van der Waals surface area contributed by atoms with Gasteiger partial charge in [-0.15, -0.1) is 0 Å². The van der Waals surface area contributed by atoms with Crippen LogP contribution in [0.15, 0.2) is 53.0 Å². The normalized spacial score (nSPS) is 11.0. The molecule has 0 aliphatic heterocycles. The molecule has 0 spiro atoms.